The monoisotopic (exact) mass is 343 g/mol. The second kappa shape index (κ2) is 8.44. The summed E-state index contributed by atoms with van der Waals surface area (Å²) in [5, 5.41) is 25.3. The molecule has 2 atom stereocenters. The van der Waals surface area contributed by atoms with E-state index in [1.54, 1.807) is 6.92 Å². The number of amides is 1. The quantitative estimate of drug-likeness (QED) is 0.491. The van der Waals surface area contributed by atoms with Gasteiger partial charge in [0, 0.05) is 11.1 Å². The molecular weight excluding hydrogens is 326 g/mol. The third-order valence-electron chi connectivity index (χ3n) is 3.39. The number of nitro groups is 1. The molecule has 0 fully saturated rings. The van der Waals surface area contributed by atoms with E-state index in [1.165, 1.54) is 12.1 Å². The molecule has 0 aliphatic heterocycles. The van der Waals surface area contributed by atoms with Gasteiger partial charge in [-0.15, -0.1) is 0 Å². The van der Waals surface area contributed by atoms with E-state index in [2.05, 4.69) is 10.6 Å². The van der Waals surface area contributed by atoms with Gasteiger partial charge in [0.25, 0.3) is 5.69 Å². The third kappa shape index (κ3) is 5.50. The Labute approximate surface area is 138 Å². The summed E-state index contributed by atoms with van der Waals surface area (Å²) in [5.41, 5.74) is -0.329. The van der Waals surface area contributed by atoms with Gasteiger partial charge in [0.2, 0.25) is 5.91 Å². The van der Waals surface area contributed by atoms with E-state index in [4.69, 9.17) is 16.7 Å². The number of anilines is 1. The molecule has 0 saturated carbocycles. The normalized spacial score (nSPS) is 13.2. The van der Waals surface area contributed by atoms with Crippen LogP contribution in [0.25, 0.3) is 0 Å². The van der Waals surface area contributed by atoms with Gasteiger partial charge in [-0.2, -0.15) is 0 Å². The van der Waals surface area contributed by atoms with Crippen molar-refractivity contribution in [2.75, 3.05) is 11.9 Å². The Hall–Kier alpha value is -2.19. The Kier molecular flexibility index (Phi) is 6.92. The van der Waals surface area contributed by atoms with Crippen molar-refractivity contribution in [1.29, 1.82) is 0 Å². The van der Waals surface area contributed by atoms with E-state index in [0.29, 0.717) is 6.42 Å². The molecule has 1 rings (SSSR count). The molecule has 0 bridgehead atoms. The van der Waals surface area contributed by atoms with Gasteiger partial charge in [0.1, 0.15) is 11.7 Å². The fourth-order valence-electron chi connectivity index (χ4n) is 1.93. The molecular formula is C14H18ClN3O5. The van der Waals surface area contributed by atoms with Crippen molar-refractivity contribution in [3.05, 3.63) is 33.3 Å². The van der Waals surface area contributed by atoms with Gasteiger partial charge in [0.15, 0.2) is 0 Å². The molecule has 1 amide bonds. The maximum absolute atomic E-state index is 11.9. The predicted octanol–water partition coefficient (Wildman–Crippen LogP) is 2.28. The molecule has 3 N–H and O–H groups in total. The Morgan fingerprint density at radius 2 is 2.09 bits per heavy atom. The first-order chi connectivity index (χ1) is 10.8. The van der Waals surface area contributed by atoms with Crippen molar-refractivity contribution >= 4 is 34.9 Å². The minimum Gasteiger partial charge on any atom is -0.480 e. The highest BCUT2D eigenvalue weighted by molar-refractivity contribution is 6.31. The van der Waals surface area contributed by atoms with E-state index >= 15 is 0 Å². The summed E-state index contributed by atoms with van der Waals surface area (Å²) in [6.45, 7) is 3.33. The molecule has 0 aromatic heterocycles. The molecule has 126 valence electrons. The molecule has 0 radical (unpaired) electrons. The van der Waals surface area contributed by atoms with Crippen LogP contribution in [0.15, 0.2) is 18.2 Å². The summed E-state index contributed by atoms with van der Waals surface area (Å²) >= 11 is 5.69. The summed E-state index contributed by atoms with van der Waals surface area (Å²) in [6, 6.07) is 2.99. The third-order valence-corrected chi connectivity index (χ3v) is 3.63. The SMILES string of the molecule is CC[C@H](C)[C@H](NCC(=O)Nc1ccc(Cl)cc1[N+](=O)[O-])C(=O)O. The van der Waals surface area contributed by atoms with Gasteiger partial charge in [0.05, 0.1) is 11.5 Å². The largest absolute Gasteiger partial charge is 0.480 e. The van der Waals surface area contributed by atoms with Crippen molar-refractivity contribution in [1.82, 2.24) is 5.32 Å². The van der Waals surface area contributed by atoms with Crippen molar-refractivity contribution in [3.8, 4) is 0 Å². The molecule has 1 aromatic rings. The van der Waals surface area contributed by atoms with Crippen LogP contribution in [-0.2, 0) is 9.59 Å². The maximum Gasteiger partial charge on any atom is 0.320 e. The summed E-state index contributed by atoms with van der Waals surface area (Å²) in [4.78, 5) is 33.3. The standard InChI is InChI=1S/C14H18ClN3O5/c1-3-8(2)13(14(20)21)16-7-12(19)17-10-5-4-9(15)6-11(10)18(22)23/h4-6,8,13,16H,3,7H2,1-2H3,(H,17,19)(H,20,21)/t8-,13-/m0/s1. The van der Waals surface area contributed by atoms with Crippen LogP contribution in [-0.4, -0.2) is 34.5 Å². The first-order valence-electron chi connectivity index (χ1n) is 6.96. The second-order valence-corrected chi connectivity index (χ2v) is 5.49. The zero-order valence-corrected chi connectivity index (χ0v) is 13.5. The van der Waals surface area contributed by atoms with E-state index in [-0.39, 0.29) is 28.9 Å². The topological polar surface area (TPSA) is 122 Å². The number of nitrogens with one attached hydrogen (secondary N) is 2. The highest BCUT2D eigenvalue weighted by Crippen LogP contribution is 2.27. The van der Waals surface area contributed by atoms with Gasteiger partial charge in [-0.05, 0) is 18.1 Å². The summed E-state index contributed by atoms with van der Waals surface area (Å²) in [7, 11) is 0. The fraction of sp³-hybridized carbons (Fsp3) is 0.429. The van der Waals surface area contributed by atoms with Crippen LogP contribution in [0.5, 0.6) is 0 Å². The lowest BCUT2D eigenvalue weighted by molar-refractivity contribution is -0.383. The van der Waals surface area contributed by atoms with E-state index in [0.717, 1.165) is 6.07 Å². The number of nitrogens with zero attached hydrogens (tertiary/aromatic N) is 1. The molecule has 0 spiro atoms. The fourth-order valence-corrected chi connectivity index (χ4v) is 2.09. The van der Waals surface area contributed by atoms with Crippen LogP contribution in [0, 0.1) is 16.0 Å². The average Bonchev–Trinajstić information content (AvgIpc) is 2.48. The Morgan fingerprint density at radius 1 is 1.43 bits per heavy atom. The van der Waals surface area contributed by atoms with E-state index in [1.807, 2.05) is 6.92 Å². The molecule has 0 unspecified atom stereocenters. The molecule has 1 aromatic carbocycles. The number of hydrogen-bond donors (Lipinski definition) is 3. The number of nitro benzene ring substituents is 1. The number of aliphatic carboxylic acids is 1. The van der Waals surface area contributed by atoms with Crippen LogP contribution in [0.3, 0.4) is 0 Å². The highest BCUT2D eigenvalue weighted by Gasteiger charge is 2.24. The summed E-state index contributed by atoms with van der Waals surface area (Å²) in [6.07, 6.45) is 0.633. The number of carboxylic acids is 1. The number of rotatable bonds is 8. The average molecular weight is 344 g/mol. The minimum absolute atomic E-state index is 0.00150. The summed E-state index contributed by atoms with van der Waals surface area (Å²) in [5.74, 6) is -1.79. The summed E-state index contributed by atoms with van der Waals surface area (Å²) < 4.78 is 0. The van der Waals surface area contributed by atoms with Gasteiger partial charge < -0.3 is 10.4 Å². The zero-order chi connectivity index (χ0) is 17.6. The number of carbonyl (C=O) groups is 2. The Bertz CT molecular complexity index is 608. The van der Waals surface area contributed by atoms with Gasteiger partial charge in [-0.3, -0.25) is 25.0 Å². The molecule has 0 heterocycles. The highest BCUT2D eigenvalue weighted by atomic mass is 35.5. The van der Waals surface area contributed by atoms with Crippen molar-refractivity contribution in [2.45, 2.75) is 26.3 Å². The van der Waals surface area contributed by atoms with E-state index in [9.17, 15) is 19.7 Å². The van der Waals surface area contributed by atoms with Crippen LogP contribution >= 0.6 is 11.6 Å². The van der Waals surface area contributed by atoms with Crippen molar-refractivity contribution < 1.29 is 19.6 Å². The van der Waals surface area contributed by atoms with Gasteiger partial charge in [-0.25, -0.2) is 0 Å². The van der Waals surface area contributed by atoms with Gasteiger partial charge >= 0.3 is 5.97 Å². The Morgan fingerprint density at radius 3 is 2.61 bits per heavy atom. The number of carboxylic acid groups (broad SMARTS) is 1. The van der Waals surface area contributed by atoms with Crippen LogP contribution in [0.1, 0.15) is 20.3 Å². The van der Waals surface area contributed by atoms with E-state index < -0.39 is 22.8 Å². The van der Waals surface area contributed by atoms with Crippen molar-refractivity contribution in [3.63, 3.8) is 0 Å². The molecule has 9 heteroatoms. The first kappa shape index (κ1) is 18.9. The van der Waals surface area contributed by atoms with Crippen LogP contribution in [0.2, 0.25) is 5.02 Å². The lowest BCUT2D eigenvalue weighted by Crippen LogP contribution is -2.45. The number of carbonyl (C=O) groups excluding carboxylic acids is 1. The number of hydrogen-bond acceptors (Lipinski definition) is 5. The maximum atomic E-state index is 11.9. The molecule has 0 aliphatic rings. The second-order valence-electron chi connectivity index (χ2n) is 5.05. The first-order valence-corrected chi connectivity index (χ1v) is 7.34. The lowest BCUT2D eigenvalue weighted by Gasteiger charge is -2.19. The molecule has 8 nitrogen and oxygen atoms in total. The molecule has 0 aliphatic carbocycles. The van der Waals surface area contributed by atoms with Gasteiger partial charge in [-0.1, -0.05) is 31.9 Å². The number of halogens is 1. The predicted molar refractivity (Wildman–Crippen MR) is 85.6 cm³/mol. The minimum atomic E-state index is -1.05. The van der Waals surface area contributed by atoms with Crippen LogP contribution < -0.4 is 10.6 Å². The molecule has 0 saturated heterocycles. The zero-order valence-electron chi connectivity index (χ0n) is 12.7. The number of benzene rings is 1. The smallest absolute Gasteiger partial charge is 0.320 e. The lowest BCUT2D eigenvalue weighted by atomic mass is 9.99. The van der Waals surface area contributed by atoms with Crippen LogP contribution in [0.4, 0.5) is 11.4 Å². The van der Waals surface area contributed by atoms with Crippen molar-refractivity contribution in [2.24, 2.45) is 5.92 Å². The molecule has 23 heavy (non-hydrogen) atoms. The Balaban J connectivity index is 2.74.